The van der Waals surface area contributed by atoms with Gasteiger partial charge in [0.15, 0.2) is 0 Å². The zero-order valence-corrected chi connectivity index (χ0v) is 12.0. The molecule has 0 aliphatic carbocycles. The van der Waals surface area contributed by atoms with E-state index in [9.17, 15) is 4.39 Å². The van der Waals surface area contributed by atoms with Gasteiger partial charge in [-0.25, -0.2) is 4.39 Å². The lowest BCUT2D eigenvalue weighted by Crippen LogP contribution is -2.09. The Labute approximate surface area is 118 Å². The minimum atomic E-state index is -0.212. The Balaban J connectivity index is 2.21. The van der Waals surface area contributed by atoms with Crippen LogP contribution < -0.4 is 5.73 Å². The summed E-state index contributed by atoms with van der Waals surface area (Å²) in [4.78, 5) is 1.23. The molecule has 1 unspecified atom stereocenters. The van der Waals surface area contributed by atoms with Crippen molar-refractivity contribution in [3.8, 4) is 0 Å². The lowest BCUT2D eigenvalue weighted by molar-refractivity contribution is 0.627. The van der Waals surface area contributed by atoms with E-state index in [1.807, 2.05) is 12.1 Å². The van der Waals surface area contributed by atoms with E-state index in [-0.39, 0.29) is 11.1 Å². The van der Waals surface area contributed by atoms with Crippen molar-refractivity contribution in [2.24, 2.45) is 5.73 Å². The highest BCUT2D eigenvalue weighted by Crippen LogP contribution is 2.36. The van der Waals surface area contributed by atoms with Gasteiger partial charge in [0.25, 0.3) is 0 Å². The van der Waals surface area contributed by atoms with Gasteiger partial charge >= 0.3 is 0 Å². The van der Waals surface area contributed by atoms with Crippen molar-refractivity contribution in [3.63, 3.8) is 0 Å². The first kappa shape index (κ1) is 14.1. The fraction of sp³-hybridized carbons (Fsp3) is 0.250. The molecule has 2 aromatic carbocycles. The van der Waals surface area contributed by atoms with Gasteiger partial charge in [-0.15, -0.1) is 11.8 Å². The first-order valence-electron chi connectivity index (χ1n) is 6.29. The molecule has 0 saturated heterocycles. The summed E-state index contributed by atoms with van der Waals surface area (Å²) in [5.74, 6) is -0.212. The monoisotopic (exact) mass is 275 g/mol. The molecule has 0 fully saturated rings. The van der Waals surface area contributed by atoms with Gasteiger partial charge in [-0.05, 0) is 43.2 Å². The molecule has 0 heterocycles. The van der Waals surface area contributed by atoms with Crippen LogP contribution in [0.3, 0.4) is 0 Å². The summed E-state index contributed by atoms with van der Waals surface area (Å²) in [5.41, 5.74) is 9.43. The molecule has 1 atom stereocenters. The Morgan fingerprint density at radius 3 is 2.37 bits per heavy atom. The highest BCUT2D eigenvalue weighted by atomic mass is 32.2. The number of rotatable bonds is 4. The van der Waals surface area contributed by atoms with Crippen molar-refractivity contribution < 1.29 is 4.39 Å². The average molecular weight is 275 g/mol. The van der Waals surface area contributed by atoms with E-state index in [2.05, 4.69) is 32.0 Å². The molecule has 19 heavy (non-hydrogen) atoms. The van der Waals surface area contributed by atoms with Crippen LogP contribution in [-0.4, -0.2) is 6.54 Å². The normalized spacial score (nSPS) is 12.4. The predicted octanol–water partition coefficient (Wildman–Crippen LogP) is 4.23. The molecule has 0 saturated carbocycles. The van der Waals surface area contributed by atoms with Gasteiger partial charge in [0.1, 0.15) is 5.82 Å². The molecule has 2 rings (SSSR count). The van der Waals surface area contributed by atoms with Gasteiger partial charge in [-0.3, -0.25) is 0 Å². The predicted molar refractivity (Wildman–Crippen MR) is 80.0 cm³/mol. The van der Waals surface area contributed by atoms with E-state index in [0.29, 0.717) is 6.54 Å². The second-order valence-electron chi connectivity index (χ2n) is 4.66. The second kappa shape index (κ2) is 6.22. The SMILES string of the molecule is Cc1ccc(SC(CN)c2ccc(F)cc2)c(C)c1. The van der Waals surface area contributed by atoms with Crippen molar-refractivity contribution in [1.82, 2.24) is 0 Å². The Morgan fingerprint density at radius 1 is 1.11 bits per heavy atom. The molecule has 2 N–H and O–H groups in total. The van der Waals surface area contributed by atoms with E-state index >= 15 is 0 Å². The second-order valence-corrected chi connectivity index (χ2v) is 5.91. The van der Waals surface area contributed by atoms with Crippen molar-refractivity contribution in [2.45, 2.75) is 24.0 Å². The van der Waals surface area contributed by atoms with E-state index < -0.39 is 0 Å². The first-order valence-corrected chi connectivity index (χ1v) is 7.17. The summed E-state index contributed by atoms with van der Waals surface area (Å²) in [6.45, 7) is 4.72. The summed E-state index contributed by atoms with van der Waals surface area (Å²) in [6.07, 6.45) is 0. The summed E-state index contributed by atoms with van der Waals surface area (Å²) in [7, 11) is 0. The molecule has 100 valence electrons. The third-order valence-corrected chi connectivity index (χ3v) is 4.52. The molecular formula is C16H18FNS. The van der Waals surface area contributed by atoms with Gasteiger partial charge < -0.3 is 5.73 Å². The van der Waals surface area contributed by atoms with Crippen LogP contribution in [0.15, 0.2) is 47.4 Å². The maximum Gasteiger partial charge on any atom is 0.123 e. The van der Waals surface area contributed by atoms with Gasteiger partial charge in [0.05, 0.1) is 0 Å². The molecule has 0 aliphatic rings. The minimum Gasteiger partial charge on any atom is -0.329 e. The molecule has 0 aromatic heterocycles. The standard InChI is InChI=1S/C16H18FNS/c1-11-3-8-15(12(2)9-11)19-16(10-18)13-4-6-14(17)7-5-13/h3-9,16H,10,18H2,1-2H3. The molecule has 0 amide bonds. The number of hydrogen-bond acceptors (Lipinski definition) is 2. The van der Waals surface area contributed by atoms with Crippen LogP contribution in [0, 0.1) is 19.7 Å². The van der Waals surface area contributed by atoms with Crippen molar-refractivity contribution in [3.05, 3.63) is 65.0 Å². The van der Waals surface area contributed by atoms with Crippen LogP contribution in [0.25, 0.3) is 0 Å². The number of halogens is 1. The molecular weight excluding hydrogens is 257 g/mol. The number of aryl methyl sites for hydroxylation is 2. The van der Waals surface area contributed by atoms with Crippen molar-refractivity contribution in [1.29, 1.82) is 0 Å². The molecule has 3 heteroatoms. The highest BCUT2D eigenvalue weighted by molar-refractivity contribution is 7.99. The number of benzene rings is 2. The lowest BCUT2D eigenvalue weighted by Gasteiger charge is -2.16. The van der Waals surface area contributed by atoms with Gasteiger partial charge in [0.2, 0.25) is 0 Å². The number of hydrogen-bond donors (Lipinski definition) is 1. The minimum absolute atomic E-state index is 0.155. The number of nitrogens with two attached hydrogens (primary N) is 1. The Kier molecular flexibility index (Phi) is 4.61. The maximum atomic E-state index is 13.0. The van der Waals surface area contributed by atoms with Crippen LogP contribution in [0.4, 0.5) is 4.39 Å². The smallest absolute Gasteiger partial charge is 0.123 e. The van der Waals surface area contributed by atoms with Crippen molar-refractivity contribution in [2.75, 3.05) is 6.54 Å². The molecule has 0 aliphatic heterocycles. The van der Waals surface area contributed by atoms with Crippen LogP contribution >= 0.6 is 11.8 Å². The van der Waals surface area contributed by atoms with Gasteiger partial charge in [-0.1, -0.05) is 29.8 Å². The molecule has 2 aromatic rings. The Hall–Kier alpha value is -1.32. The van der Waals surface area contributed by atoms with Gasteiger partial charge in [0, 0.05) is 16.7 Å². The van der Waals surface area contributed by atoms with E-state index in [1.54, 1.807) is 11.8 Å². The molecule has 0 radical (unpaired) electrons. The zero-order chi connectivity index (χ0) is 13.8. The largest absolute Gasteiger partial charge is 0.329 e. The number of thioether (sulfide) groups is 1. The topological polar surface area (TPSA) is 26.0 Å². The van der Waals surface area contributed by atoms with E-state index in [4.69, 9.17) is 5.73 Å². The summed E-state index contributed by atoms with van der Waals surface area (Å²) < 4.78 is 13.0. The van der Waals surface area contributed by atoms with E-state index in [1.165, 1.54) is 28.2 Å². The summed E-state index contributed by atoms with van der Waals surface area (Å²) >= 11 is 1.74. The third kappa shape index (κ3) is 3.58. The Morgan fingerprint density at radius 2 is 1.79 bits per heavy atom. The fourth-order valence-corrected chi connectivity index (χ4v) is 3.10. The molecule has 0 spiro atoms. The average Bonchev–Trinajstić information content (AvgIpc) is 2.39. The summed E-state index contributed by atoms with van der Waals surface area (Å²) in [6, 6.07) is 13.0. The first-order chi connectivity index (χ1) is 9.10. The van der Waals surface area contributed by atoms with Crippen LogP contribution in [0.1, 0.15) is 21.9 Å². The fourth-order valence-electron chi connectivity index (χ4n) is 2.01. The molecule has 0 bridgehead atoms. The summed E-state index contributed by atoms with van der Waals surface area (Å²) in [5, 5.41) is 0.155. The maximum absolute atomic E-state index is 13.0. The third-order valence-electron chi connectivity index (χ3n) is 3.06. The van der Waals surface area contributed by atoms with Crippen molar-refractivity contribution >= 4 is 11.8 Å². The van der Waals surface area contributed by atoms with Gasteiger partial charge in [-0.2, -0.15) is 0 Å². The van der Waals surface area contributed by atoms with Crippen LogP contribution in [-0.2, 0) is 0 Å². The highest BCUT2D eigenvalue weighted by Gasteiger charge is 2.12. The zero-order valence-electron chi connectivity index (χ0n) is 11.2. The van der Waals surface area contributed by atoms with E-state index in [0.717, 1.165) is 5.56 Å². The lowest BCUT2D eigenvalue weighted by atomic mass is 10.1. The van der Waals surface area contributed by atoms with Crippen LogP contribution in [0.5, 0.6) is 0 Å². The Bertz CT molecular complexity index is 551. The molecule has 1 nitrogen and oxygen atoms in total. The van der Waals surface area contributed by atoms with Crippen LogP contribution in [0.2, 0.25) is 0 Å². The quantitative estimate of drug-likeness (QED) is 0.845.